The van der Waals surface area contributed by atoms with E-state index in [0.717, 1.165) is 0 Å². The van der Waals surface area contributed by atoms with Gasteiger partial charge in [-0.15, -0.1) is 5.10 Å². The molecule has 9 heteroatoms. The van der Waals surface area contributed by atoms with E-state index in [2.05, 4.69) is 20.4 Å². The Kier molecular flexibility index (Phi) is 5.53. The van der Waals surface area contributed by atoms with Gasteiger partial charge in [0.15, 0.2) is 12.4 Å². The zero-order chi connectivity index (χ0) is 20.1. The van der Waals surface area contributed by atoms with E-state index < -0.39 is 0 Å². The fraction of sp³-hybridized carbons (Fsp3) is 0.100. The Balaban J connectivity index is 1.54. The van der Waals surface area contributed by atoms with Crippen LogP contribution in [0.2, 0.25) is 5.02 Å². The molecule has 0 aliphatic heterocycles. The van der Waals surface area contributed by atoms with Gasteiger partial charge in [0.05, 0.1) is 12.8 Å². The Morgan fingerprint density at radius 2 is 2.03 bits per heavy atom. The molecule has 0 saturated carbocycles. The van der Waals surface area contributed by atoms with Gasteiger partial charge in [-0.2, -0.15) is 9.67 Å². The molecule has 0 amide bonds. The quantitative estimate of drug-likeness (QED) is 0.494. The maximum atomic E-state index is 12.7. The lowest BCUT2D eigenvalue weighted by atomic mass is 10.3. The van der Waals surface area contributed by atoms with Crippen molar-refractivity contribution in [3.05, 3.63) is 78.0 Å². The lowest BCUT2D eigenvalue weighted by Crippen LogP contribution is -2.22. The molecule has 0 atom stereocenters. The summed E-state index contributed by atoms with van der Waals surface area (Å²) in [6, 6.07) is 14.0. The summed E-state index contributed by atoms with van der Waals surface area (Å²) in [5.41, 5.74) is 0.693. The summed E-state index contributed by atoms with van der Waals surface area (Å²) in [4.78, 5) is 21.2. The van der Waals surface area contributed by atoms with E-state index in [-0.39, 0.29) is 18.5 Å². The molecule has 0 aliphatic rings. The lowest BCUT2D eigenvalue weighted by molar-refractivity contribution is 0.0824. The van der Waals surface area contributed by atoms with E-state index in [1.54, 1.807) is 55.1 Å². The maximum Gasteiger partial charge on any atom is 0.287 e. The third kappa shape index (κ3) is 4.61. The van der Waals surface area contributed by atoms with Gasteiger partial charge in [-0.25, -0.2) is 0 Å². The number of benzene rings is 1. The van der Waals surface area contributed by atoms with Gasteiger partial charge in [0.1, 0.15) is 11.5 Å². The first kappa shape index (κ1) is 18.7. The van der Waals surface area contributed by atoms with Crippen molar-refractivity contribution in [1.29, 1.82) is 0 Å². The number of halogens is 1. The number of carbonyl (C=O) groups excluding carboxylic acids is 1. The number of pyridine rings is 1. The number of nitrogens with zero attached hydrogens (tertiary/aromatic N) is 4. The molecule has 8 nitrogen and oxygen atoms in total. The van der Waals surface area contributed by atoms with Crippen molar-refractivity contribution < 1.29 is 13.9 Å². The Bertz CT molecular complexity index is 1080. The number of anilines is 1. The first-order valence-corrected chi connectivity index (χ1v) is 9.12. The molecule has 4 aromatic rings. The van der Waals surface area contributed by atoms with E-state index in [4.69, 9.17) is 20.8 Å². The number of carbonyl (C=O) groups is 1. The van der Waals surface area contributed by atoms with E-state index in [9.17, 15) is 4.79 Å². The molecule has 3 aromatic heterocycles. The number of aromatic nitrogens is 4. The minimum Gasteiger partial charge on any atom is -0.484 e. The monoisotopic (exact) mass is 409 g/mol. The van der Waals surface area contributed by atoms with Crippen LogP contribution in [0.15, 0.2) is 71.6 Å². The van der Waals surface area contributed by atoms with Gasteiger partial charge in [-0.1, -0.05) is 11.6 Å². The van der Waals surface area contributed by atoms with E-state index in [1.807, 2.05) is 12.1 Å². The third-order valence-corrected chi connectivity index (χ3v) is 4.19. The molecular weight excluding hydrogens is 394 g/mol. The van der Waals surface area contributed by atoms with Crippen LogP contribution >= 0.6 is 11.6 Å². The van der Waals surface area contributed by atoms with Crippen LogP contribution in [0, 0.1) is 0 Å². The zero-order valence-electron chi connectivity index (χ0n) is 15.2. The number of rotatable bonds is 7. The molecular formula is C20H16ClN5O3. The first-order valence-electron chi connectivity index (χ1n) is 8.74. The highest BCUT2D eigenvalue weighted by Gasteiger charge is 2.18. The average molecular weight is 410 g/mol. The van der Waals surface area contributed by atoms with Gasteiger partial charge in [-0.05, 0) is 48.5 Å². The molecule has 29 heavy (non-hydrogen) atoms. The molecule has 0 spiro atoms. The summed E-state index contributed by atoms with van der Waals surface area (Å²) in [6.07, 6.45) is 4.86. The van der Waals surface area contributed by atoms with Crippen molar-refractivity contribution in [3.63, 3.8) is 0 Å². The standard InChI is InChI=1S/C20H16ClN5O3/c21-15-5-7-16(8-6-15)29-13-18(27)26-20(23-12-17-4-2-10-28-17)24-19(25-26)14-3-1-9-22-11-14/h1-11H,12-13H2,(H,23,24,25). The summed E-state index contributed by atoms with van der Waals surface area (Å²) in [5, 5.41) is 7.99. The van der Waals surface area contributed by atoms with Crippen molar-refractivity contribution in [3.8, 4) is 17.1 Å². The first-order chi connectivity index (χ1) is 14.2. The summed E-state index contributed by atoms with van der Waals surface area (Å²) in [6.45, 7) is 0.135. The molecule has 0 unspecified atom stereocenters. The number of ether oxygens (including phenoxy) is 1. The molecule has 3 heterocycles. The summed E-state index contributed by atoms with van der Waals surface area (Å²) < 4.78 is 12.0. The normalized spacial score (nSPS) is 10.7. The van der Waals surface area contributed by atoms with Gasteiger partial charge >= 0.3 is 0 Å². The van der Waals surface area contributed by atoms with Gasteiger partial charge in [0.25, 0.3) is 5.91 Å². The van der Waals surface area contributed by atoms with Crippen LogP contribution in [0.3, 0.4) is 0 Å². The second-order valence-corrected chi connectivity index (χ2v) is 6.42. The predicted octanol–water partition coefficient (Wildman–Crippen LogP) is 3.92. The molecule has 1 N–H and O–H groups in total. The Hall–Kier alpha value is -3.65. The summed E-state index contributed by atoms with van der Waals surface area (Å²) in [7, 11) is 0. The number of hydrogen-bond donors (Lipinski definition) is 1. The number of furan rings is 1. The molecule has 4 rings (SSSR count). The van der Waals surface area contributed by atoms with Crippen molar-refractivity contribution in [2.45, 2.75) is 6.54 Å². The smallest absolute Gasteiger partial charge is 0.287 e. The molecule has 0 radical (unpaired) electrons. The van der Waals surface area contributed by atoms with Gasteiger partial charge in [0.2, 0.25) is 5.95 Å². The molecule has 1 aromatic carbocycles. The average Bonchev–Trinajstić information content (AvgIpc) is 3.42. The minimum absolute atomic E-state index is 0.215. The van der Waals surface area contributed by atoms with Crippen LogP contribution in [-0.4, -0.2) is 32.3 Å². The Morgan fingerprint density at radius 3 is 2.76 bits per heavy atom. The van der Waals surface area contributed by atoms with Crippen LogP contribution in [0.4, 0.5) is 5.95 Å². The van der Waals surface area contributed by atoms with Crippen molar-refractivity contribution >= 4 is 23.5 Å². The highest BCUT2D eigenvalue weighted by Crippen LogP contribution is 2.19. The van der Waals surface area contributed by atoms with E-state index in [0.29, 0.717) is 34.5 Å². The maximum absolute atomic E-state index is 12.7. The Morgan fingerprint density at radius 1 is 1.17 bits per heavy atom. The largest absolute Gasteiger partial charge is 0.484 e. The molecule has 0 fully saturated rings. The predicted molar refractivity (Wildman–Crippen MR) is 107 cm³/mol. The number of nitrogens with one attached hydrogen (secondary N) is 1. The van der Waals surface area contributed by atoms with E-state index >= 15 is 0 Å². The molecule has 0 saturated heterocycles. The van der Waals surface area contributed by atoms with Crippen LogP contribution in [0.25, 0.3) is 11.4 Å². The fourth-order valence-electron chi connectivity index (χ4n) is 2.53. The number of hydrogen-bond acceptors (Lipinski definition) is 7. The SMILES string of the molecule is O=C(COc1ccc(Cl)cc1)n1nc(-c2cccnc2)nc1NCc1ccco1. The van der Waals surface area contributed by atoms with Crippen LogP contribution in [0.5, 0.6) is 5.75 Å². The fourth-order valence-corrected chi connectivity index (χ4v) is 2.66. The lowest BCUT2D eigenvalue weighted by Gasteiger charge is -2.08. The van der Waals surface area contributed by atoms with Crippen molar-refractivity contribution in [2.24, 2.45) is 0 Å². The second kappa shape index (κ2) is 8.57. The van der Waals surface area contributed by atoms with Gasteiger partial charge in [0, 0.05) is 23.0 Å². The van der Waals surface area contributed by atoms with Gasteiger partial charge < -0.3 is 14.5 Å². The third-order valence-electron chi connectivity index (χ3n) is 3.94. The van der Waals surface area contributed by atoms with Crippen LogP contribution in [0.1, 0.15) is 10.6 Å². The Labute approximate surface area is 171 Å². The van der Waals surface area contributed by atoms with Crippen molar-refractivity contribution in [1.82, 2.24) is 19.7 Å². The summed E-state index contributed by atoms with van der Waals surface area (Å²) in [5.74, 6) is 1.50. The minimum atomic E-state index is -0.385. The zero-order valence-corrected chi connectivity index (χ0v) is 15.9. The van der Waals surface area contributed by atoms with Crippen LogP contribution < -0.4 is 10.1 Å². The highest BCUT2D eigenvalue weighted by atomic mass is 35.5. The van der Waals surface area contributed by atoms with E-state index in [1.165, 1.54) is 4.68 Å². The van der Waals surface area contributed by atoms with Gasteiger partial charge in [-0.3, -0.25) is 9.78 Å². The van der Waals surface area contributed by atoms with Crippen molar-refractivity contribution in [2.75, 3.05) is 11.9 Å². The summed E-state index contributed by atoms with van der Waals surface area (Å²) >= 11 is 5.86. The topological polar surface area (TPSA) is 95.1 Å². The molecule has 146 valence electrons. The molecule has 0 aliphatic carbocycles. The second-order valence-electron chi connectivity index (χ2n) is 5.98. The highest BCUT2D eigenvalue weighted by molar-refractivity contribution is 6.30. The van der Waals surface area contributed by atoms with Crippen LogP contribution in [-0.2, 0) is 6.54 Å². The molecule has 0 bridgehead atoms.